The molecule has 7 heteroatoms. The molecule has 1 unspecified atom stereocenters. The molecule has 0 spiro atoms. The highest BCUT2D eigenvalue weighted by Crippen LogP contribution is 2.29. The maximum absolute atomic E-state index is 13.8. The number of halogens is 4. The van der Waals surface area contributed by atoms with Gasteiger partial charge in [-0.15, -0.1) is 0 Å². The summed E-state index contributed by atoms with van der Waals surface area (Å²) < 4.78 is 53.9. The number of β-amino-alcohol motifs (C(OH)–C–C–N with tert-alkyl or cyclic N) is 1. The maximum atomic E-state index is 13.8. The number of aromatic nitrogens is 1. The van der Waals surface area contributed by atoms with E-state index in [2.05, 4.69) is 4.98 Å². The number of H-pyrrole nitrogens is 1. The van der Waals surface area contributed by atoms with Crippen LogP contribution >= 0.6 is 0 Å². The highest BCUT2D eigenvalue weighted by molar-refractivity contribution is 5.84. The van der Waals surface area contributed by atoms with Crippen molar-refractivity contribution in [3.8, 4) is 0 Å². The van der Waals surface area contributed by atoms with Gasteiger partial charge >= 0.3 is 0 Å². The van der Waals surface area contributed by atoms with E-state index in [0.29, 0.717) is 31.5 Å². The summed E-state index contributed by atoms with van der Waals surface area (Å²) in [5.74, 6) is -6.39. The number of nitrogens with one attached hydrogen (secondary N) is 1. The van der Waals surface area contributed by atoms with Gasteiger partial charge in [0, 0.05) is 31.2 Å². The minimum absolute atomic E-state index is 0.244. The van der Waals surface area contributed by atoms with Crippen LogP contribution in [0.5, 0.6) is 0 Å². The molecule has 1 aromatic heterocycles. The van der Waals surface area contributed by atoms with Crippen LogP contribution in [0.25, 0.3) is 10.9 Å². The first-order chi connectivity index (χ1) is 9.99. The summed E-state index contributed by atoms with van der Waals surface area (Å²) in [6.45, 7) is 1.79. The predicted molar refractivity (Wildman–Crippen MR) is 68.9 cm³/mol. The van der Waals surface area contributed by atoms with Crippen LogP contribution in [0.15, 0.2) is 6.20 Å². The molecule has 1 fully saturated rings. The van der Waals surface area contributed by atoms with Gasteiger partial charge in [-0.05, 0) is 18.4 Å². The molecule has 2 N–H and O–H groups in total. The van der Waals surface area contributed by atoms with Crippen molar-refractivity contribution >= 4 is 10.9 Å². The molecule has 1 aliphatic heterocycles. The third-order valence-electron chi connectivity index (χ3n) is 3.92. The fourth-order valence-corrected chi connectivity index (χ4v) is 2.79. The van der Waals surface area contributed by atoms with E-state index in [1.54, 1.807) is 0 Å². The zero-order chi connectivity index (χ0) is 15.1. The quantitative estimate of drug-likeness (QED) is 0.519. The Labute approximate surface area is 118 Å². The SMILES string of the molecule is OC1CCN(CCc2c[nH]c3c(F)c(F)c(F)c(F)c23)C1. The van der Waals surface area contributed by atoms with E-state index in [4.69, 9.17) is 0 Å². The number of hydrogen-bond donors (Lipinski definition) is 2. The van der Waals surface area contributed by atoms with E-state index in [9.17, 15) is 22.7 Å². The molecular formula is C14H14F4N2O. The summed E-state index contributed by atoms with van der Waals surface area (Å²) in [4.78, 5) is 4.44. The number of nitrogens with zero attached hydrogens (tertiary/aromatic N) is 1. The Morgan fingerprint density at radius 1 is 1.14 bits per heavy atom. The van der Waals surface area contributed by atoms with E-state index >= 15 is 0 Å². The molecule has 21 heavy (non-hydrogen) atoms. The summed E-state index contributed by atoms with van der Waals surface area (Å²) in [5.41, 5.74) is 0.0320. The fourth-order valence-electron chi connectivity index (χ4n) is 2.79. The first-order valence-corrected chi connectivity index (χ1v) is 6.71. The first-order valence-electron chi connectivity index (χ1n) is 6.71. The first kappa shape index (κ1) is 14.3. The Bertz CT molecular complexity index is 685. The summed E-state index contributed by atoms with van der Waals surface area (Å²) in [7, 11) is 0. The summed E-state index contributed by atoms with van der Waals surface area (Å²) in [6.07, 6.45) is 2.03. The maximum Gasteiger partial charge on any atom is 0.199 e. The smallest absolute Gasteiger partial charge is 0.199 e. The van der Waals surface area contributed by atoms with Crippen LogP contribution in [0.3, 0.4) is 0 Å². The second-order valence-electron chi connectivity index (χ2n) is 5.31. The number of aliphatic hydroxyl groups excluding tert-OH is 1. The monoisotopic (exact) mass is 302 g/mol. The molecule has 3 nitrogen and oxygen atoms in total. The lowest BCUT2D eigenvalue weighted by Gasteiger charge is -2.14. The molecule has 0 radical (unpaired) electrons. The minimum Gasteiger partial charge on any atom is -0.392 e. The number of fused-ring (bicyclic) bond motifs is 1. The zero-order valence-electron chi connectivity index (χ0n) is 11.1. The normalized spacial score (nSPS) is 19.8. The minimum atomic E-state index is -1.81. The molecule has 1 saturated heterocycles. The number of benzene rings is 1. The Morgan fingerprint density at radius 2 is 1.86 bits per heavy atom. The zero-order valence-corrected chi connectivity index (χ0v) is 11.1. The number of aliphatic hydroxyl groups is 1. The largest absolute Gasteiger partial charge is 0.392 e. The van der Waals surface area contributed by atoms with Gasteiger partial charge in [-0.2, -0.15) is 0 Å². The van der Waals surface area contributed by atoms with Crippen molar-refractivity contribution in [1.29, 1.82) is 0 Å². The summed E-state index contributed by atoms with van der Waals surface area (Å²) in [6, 6.07) is 0. The van der Waals surface area contributed by atoms with Crippen molar-refractivity contribution < 1.29 is 22.7 Å². The molecule has 114 valence electrons. The molecule has 1 atom stereocenters. The molecular weight excluding hydrogens is 288 g/mol. The highest BCUT2D eigenvalue weighted by atomic mass is 19.2. The van der Waals surface area contributed by atoms with Crippen LogP contribution < -0.4 is 0 Å². The Morgan fingerprint density at radius 3 is 2.52 bits per heavy atom. The second-order valence-corrected chi connectivity index (χ2v) is 5.31. The molecule has 0 amide bonds. The van der Waals surface area contributed by atoms with E-state index in [1.807, 2.05) is 4.90 Å². The molecule has 3 rings (SSSR count). The summed E-state index contributed by atoms with van der Waals surface area (Å²) in [5, 5.41) is 9.18. The molecule has 0 saturated carbocycles. The lowest BCUT2D eigenvalue weighted by Crippen LogP contribution is -2.24. The van der Waals surface area contributed by atoms with Crippen molar-refractivity contribution in [1.82, 2.24) is 9.88 Å². The Kier molecular flexibility index (Phi) is 3.62. The number of hydrogen-bond acceptors (Lipinski definition) is 2. The lowest BCUT2D eigenvalue weighted by molar-refractivity contribution is 0.177. The van der Waals surface area contributed by atoms with Gasteiger partial charge in [0.15, 0.2) is 23.3 Å². The van der Waals surface area contributed by atoms with Crippen LogP contribution in [-0.4, -0.2) is 40.7 Å². The lowest BCUT2D eigenvalue weighted by atomic mass is 10.1. The number of aromatic amines is 1. The molecule has 1 aromatic carbocycles. The summed E-state index contributed by atoms with van der Waals surface area (Å²) >= 11 is 0. The topological polar surface area (TPSA) is 39.3 Å². The predicted octanol–water partition coefficient (Wildman–Crippen LogP) is 2.33. The van der Waals surface area contributed by atoms with Crippen LogP contribution in [0, 0.1) is 23.3 Å². The van der Waals surface area contributed by atoms with Gasteiger partial charge in [0.25, 0.3) is 0 Å². The number of rotatable bonds is 3. The van der Waals surface area contributed by atoms with Gasteiger partial charge in [-0.25, -0.2) is 17.6 Å². The van der Waals surface area contributed by atoms with Gasteiger partial charge < -0.3 is 15.0 Å². The Balaban J connectivity index is 1.90. The third kappa shape index (κ3) is 2.40. The molecule has 1 aliphatic rings. The second kappa shape index (κ2) is 5.31. The van der Waals surface area contributed by atoms with Crippen LogP contribution in [-0.2, 0) is 6.42 Å². The molecule has 2 heterocycles. The Hall–Kier alpha value is -1.60. The van der Waals surface area contributed by atoms with E-state index in [0.717, 1.165) is 6.54 Å². The average Bonchev–Trinajstić information content (AvgIpc) is 3.06. The third-order valence-corrected chi connectivity index (χ3v) is 3.92. The van der Waals surface area contributed by atoms with Crippen LogP contribution in [0.2, 0.25) is 0 Å². The van der Waals surface area contributed by atoms with Gasteiger partial charge in [-0.3, -0.25) is 0 Å². The molecule has 2 aromatic rings. The highest BCUT2D eigenvalue weighted by Gasteiger charge is 2.24. The average molecular weight is 302 g/mol. The van der Waals surface area contributed by atoms with E-state index in [-0.39, 0.29) is 17.0 Å². The van der Waals surface area contributed by atoms with Crippen molar-refractivity contribution in [3.05, 3.63) is 35.0 Å². The standard InChI is InChI=1S/C14H14F4N2O/c15-10-9-7(1-3-20-4-2-8(21)6-20)5-19-14(9)13(18)12(17)11(10)16/h5,8,19,21H,1-4,6H2. The van der Waals surface area contributed by atoms with Gasteiger partial charge in [0.05, 0.1) is 11.6 Å². The fraction of sp³-hybridized carbons (Fsp3) is 0.429. The van der Waals surface area contributed by atoms with Crippen molar-refractivity contribution in [2.24, 2.45) is 0 Å². The van der Waals surface area contributed by atoms with Gasteiger partial charge in [0.1, 0.15) is 0 Å². The molecule has 0 aliphatic carbocycles. The van der Waals surface area contributed by atoms with Crippen LogP contribution in [0.4, 0.5) is 17.6 Å². The van der Waals surface area contributed by atoms with Crippen LogP contribution in [0.1, 0.15) is 12.0 Å². The van der Waals surface area contributed by atoms with Gasteiger partial charge in [-0.1, -0.05) is 0 Å². The van der Waals surface area contributed by atoms with E-state index in [1.165, 1.54) is 6.20 Å². The van der Waals surface area contributed by atoms with E-state index < -0.39 is 23.3 Å². The van der Waals surface area contributed by atoms with Crippen molar-refractivity contribution in [3.63, 3.8) is 0 Å². The van der Waals surface area contributed by atoms with Gasteiger partial charge in [0.2, 0.25) is 0 Å². The molecule has 0 bridgehead atoms. The van der Waals surface area contributed by atoms with Crippen molar-refractivity contribution in [2.75, 3.05) is 19.6 Å². The van der Waals surface area contributed by atoms with Crippen molar-refractivity contribution in [2.45, 2.75) is 18.9 Å². The number of likely N-dealkylation sites (tertiary alicyclic amines) is 1.